The number of aliphatic carboxylic acids is 1. The number of para-hydroxylation sites is 1. The molecule has 0 bridgehead atoms. The number of hydrogen-bond acceptors (Lipinski definition) is 4. The molecule has 1 aromatic carbocycles. The van der Waals surface area contributed by atoms with Gasteiger partial charge in [-0.05, 0) is 69.6 Å². The van der Waals surface area contributed by atoms with Gasteiger partial charge < -0.3 is 14.7 Å². The Bertz CT molecular complexity index is 848. The predicted octanol–water partition coefficient (Wildman–Crippen LogP) is 5.47. The van der Waals surface area contributed by atoms with Crippen LogP contribution in [0, 0.1) is 5.92 Å². The summed E-state index contributed by atoms with van der Waals surface area (Å²) in [6.45, 7) is 10.7. The van der Waals surface area contributed by atoms with Crippen molar-refractivity contribution in [3.8, 4) is 0 Å². The minimum atomic E-state index is -0.833. The van der Waals surface area contributed by atoms with Crippen molar-refractivity contribution in [2.45, 2.75) is 65.4 Å². The van der Waals surface area contributed by atoms with Gasteiger partial charge in [0.15, 0.2) is 0 Å². The number of carbonyl (C=O) groups is 2. The van der Waals surface area contributed by atoms with Crippen LogP contribution in [0.1, 0.15) is 65.4 Å². The maximum Gasteiger partial charge on any atom is 0.410 e. The van der Waals surface area contributed by atoms with Gasteiger partial charge in [0.1, 0.15) is 5.60 Å². The number of aromatic nitrogens is 1. The average Bonchev–Trinajstić information content (AvgIpc) is 2.66. The Balaban J connectivity index is 0.000000735. The molecule has 6 nitrogen and oxygen atoms in total. The second-order valence-electron chi connectivity index (χ2n) is 9.03. The molecule has 1 aliphatic heterocycles. The lowest BCUT2D eigenvalue weighted by Gasteiger charge is -2.34. The van der Waals surface area contributed by atoms with E-state index in [0.717, 1.165) is 44.8 Å². The molecule has 6 heteroatoms. The Morgan fingerprint density at radius 1 is 1.23 bits per heavy atom. The molecule has 3 rings (SSSR count). The number of carboxylic acids is 1. The molecule has 30 heavy (non-hydrogen) atoms. The van der Waals surface area contributed by atoms with Gasteiger partial charge >= 0.3 is 6.09 Å². The Morgan fingerprint density at radius 3 is 2.43 bits per heavy atom. The van der Waals surface area contributed by atoms with Gasteiger partial charge in [0, 0.05) is 31.6 Å². The molecule has 0 radical (unpaired) electrons. The highest BCUT2D eigenvalue weighted by molar-refractivity contribution is 5.78. The van der Waals surface area contributed by atoms with Crippen LogP contribution in [0.4, 0.5) is 4.79 Å². The molecule has 1 N–H and O–H groups in total. The van der Waals surface area contributed by atoms with Gasteiger partial charge in [0.25, 0.3) is 5.97 Å². The summed E-state index contributed by atoms with van der Waals surface area (Å²) in [6, 6.07) is 10.5. The van der Waals surface area contributed by atoms with Crippen molar-refractivity contribution >= 4 is 23.0 Å². The summed E-state index contributed by atoms with van der Waals surface area (Å²) in [4.78, 5) is 27.6. The normalized spacial score (nSPS) is 15.8. The van der Waals surface area contributed by atoms with E-state index in [0.29, 0.717) is 11.8 Å². The molecule has 1 fully saturated rings. The summed E-state index contributed by atoms with van der Waals surface area (Å²) in [7, 11) is 0. The Morgan fingerprint density at radius 2 is 1.83 bits per heavy atom. The topological polar surface area (TPSA) is 79.7 Å². The van der Waals surface area contributed by atoms with Crippen molar-refractivity contribution in [1.82, 2.24) is 9.88 Å². The fourth-order valence-electron chi connectivity index (χ4n) is 3.67. The highest BCUT2D eigenvalue weighted by Gasteiger charge is 2.27. The summed E-state index contributed by atoms with van der Waals surface area (Å²) in [5, 5.41) is 8.62. The molecule has 1 aromatic heterocycles. The number of nitrogens with zero attached hydrogens (tertiary/aromatic N) is 2. The molecular formula is C24H34N2O4. The van der Waals surface area contributed by atoms with Crippen LogP contribution in [0.2, 0.25) is 0 Å². The Labute approximate surface area is 179 Å². The van der Waals surface area contributed by atoms with E-state index in [1.54, 1.807) is 0 Å². The van der Waals surface area contributed by atoms with E-state index < -0.39 is 11.6 Å². The van der Waals surface area contributed by atoms with Crippen molar-refractivity contribution in [2.24, 2.45) is 5.92 Å². The number of rotatable bonds is 3. The number of ether oxygens (including phenoxy) is 1. The zero-order valence-electron chi connectivity index (χ0n) is 18.7. The van der Waals surface area contributed by atoms with Crippen LogP contribution >= 0.6 is 0 Å². The number of amides is 1. The summed E-state index contributed by atoms with van der Waals surface area (Å²) >= 11 is 0. The second-order valence-corrected chi connectivity index (χ2v) is 9.03. The number of likely N-dealkylation sites (tertiary alicyclic amines) is 1. The highest BCUT2D eigenvalue weighted by Crippen LogP contribution is 2.31. The van der Waals surface area contributed by atoms with Crippen molar-refractivity contribution in [3.05, 3.63) is 42.1 Å². The van der Waals surface area contributed by atoms with Gasteiger partial charge in [-0.1, -0.05) is 25.1 Å². The largest absolute Gasteiger partial charge is 0.481 e. The van der Waals surface area contributed by atoms with Crippen LogP contribution in [0.3, 0.4) is 0 Å². The average molecular weight is 415 g/mol. The molecule has 1 saturated heterocycles. The fourth-order valence-corrected chi connectivity index (χ4v) is 3.67. The van der Waals surface area contributed by atoms with Gasteiger partial charge in [0.05, 0.1) is 5.52 Å². The third-order valence-electron chi connectivity index (χ3n) is 5.13. The number of piperidine rings is 1. The SMILES string of the molecule is CC(=O)O.CC(CC1CCN(C(=O)OC(C)(C)C)CC1)c1cnc2ccccc2c1. The molecule has 1 aliphatic rings. The number of carboxylic acid groups (broad SMARTS) is 1. The Hall–Kier alpha value is -2.63. The molecule has 0 aliphatic carbocycles. The number of fused-ring (bicyclic) bond motifs is 1. The summed E-state index contributed by atoms with van der Waals surface area (Å²) in [5.74, 6) is 0.292. The number of hydrogen-bond donors (Lipinski definition) is 1. The van der Waals surface area contributed by atoms with E-state index in [1.165, 1.54) is 10.9 Å². The second kappa shape index (κ2) is 10.4. The van der Waals surface area contributed by atoms with Crippen LogP contribution in [-0.2, 0) is 9.53 Å². The van der Waals surface area contributed by atoms with Crippen molar-refractivity contribution in [2.75, 3.05) is 13.1 Å². The van der Waals surface area contributed by atoms with E-state index in [9.17, 15) is 4.79 Å². The highest BCUT2D eigenvalue weighted by atomic mass is 16.6. The minimum absolute atomic E-state index is 0.178. The number of carbonyl (C=O) groups excluding carboxylic acids is 1. The first-order valence-electron chi connectivity index (χ1n) is 10.6. The lowest BCUT2D eigenvalue weighted by molar-refractivity contribution is -0.134. The number of benzene rings is 1. The van der Waals surface area contributed by atoms with E-state index >= 15 is 0 Å². The first-order valence-corrected chi connectivity index (χ1v) is 10.6. The summed E-state index contributed by atoms with van der Waals surface area (Å²) in [6.07, 6.45) is 5.07. The third-order valence-corrected chi connectivity index (χ3v) is 5.13. The molecule has 2 aromatic rings. The van der Waals surface area contributed by atoms with Crippen LogP contribution < -0.4 is 0 Å². The van der Waals surface area contributed by atoms with Crippen LogP contribution in [-0.4, -0.2) is 45.7 Å². The molecule has 0 spiro atoms. The van der Waals surface area contributed by atoms with Gasteiger partial charge in [0.2, 0.25) is 0 Å². The summed E-state index contributed by atoms with van der Waals surface area (Å²) < 4.78 is 5.48. The zero-order chi connectivity index (χ0) is 22.3. The summed E-state index contributed by atoms with van der Waals surface area (Å²) in [5.41, 5.74) is 1.93. The maximum absolute atomic E-state index is 12.2. The van der Waals surface area contributed by atoms with Crippen molar-refractivity contribution < 1.29 is 19.4 Å². The minimum Gasteiger partial charge on any atom is -0.481 e. The zero-order valence-corrected chi connectivity index (χ0v) is 18.7. The van der Waals surface area contributed by atoms with Gasteiger partial charge in [-0.3, -0.25) is 9.78 Å². The maximum atomic E-state index is 12.2. The molecule has 1 unspecified atom stereocenters. The molecule has 0 saturated carbocycles. The molecular weight excluding hydrogens is 380 g/mol. The molecule has 1 amide bonds. The first-order chi connectivity index (χ1) is 14.0. The standard InChI is InChI=1S/C22H30N2O2.C2H4O2/c1-16(19-14-18-7-5-6-8-20(18)23-15-19)13-17-9-11-24(12-10-17)21(25)26-22(2,3)4;1-2(3)4/h5-8,14-17H,9-13H2,1-4H3;1H3,(H,3,4). The predicted molar refractivity (Wildman–Crippen MR) is 119 cm³/mol. The molecule has 164 valence electrons. The molecule has 2 heterocycles. The third kappa shape index (κ3) is 7.65. The van der Waals surface area contributed by atoms with Gasteiger partial charge in [-0.25, -0.2) is 4.79 Å². The van der Waals surface area contributed by atoms with E-state index in [-0.39, 0.29) is 6.09 Å². The van der Waals surface area contributed by atoms with Gasteiger partial charge in [-0.15, -0.1) is 0 Å². The number of pyridine rings is 1. The van der Waals surface area contributed by atoms with Gasteiger partial charge in [-0.2, -0.15) is 0 Å². The lowest BCUT2D eigenvalue weighted by Crippen LogP contribution is -2.41. The quantitative estimate of drug-likeness (QED) is 0.721. The lowest BCUT2D eigenvalue weighted by atomic mass is 9.85. The Kier molecular flexibility index (Phi) is 8.21. The van der Waals surface area contributed by atoms with E-state index in [2.05, 4.69) is 36.2 Å². The fraction of sp³-hybridized carbons (Fsp3) is 0.542. The van der Waals surface area contributed by atoms with Crippen LogP contribution in [0.5, 0.6) is 0 Å². The van der Waals surface area contributed by atoms with Crippen molar-refractivity contribution in [1.29, 1.82) is 0 Å². The first kappa shape index (κ1) is 23.6. The smallest absolute Gasteiger partial charge is 0.410 e. The molecule has 1 atom stereocenters. The monoisotopic (exact) mass is 414 g/mol. The van der Waals surface area contributed by atoms with Crippen LogP contribution in [0.15, 0.2) is 36.5 Å². The van der Waals surface area contributed by atoms with Crippen molar-refractivity contribution in [3.63, 3.8) is 0 Å². The van der Waals surface area contributed by atoms with E-state index in [1.807, 2.05) is 37.9 Å². The van der Waals surface area contributed by atoms with E-state index in [4.69, 9.17) is 14.6 Å². The van der Waals surface area contributed by atoms with Crippen LogP contribution in [0.25, 0.3) is 10.9 Å².